The van der Waals surface area contributed by atoms with Gasteiger partial charge < -0.3 is 15.0 Å². The lowest BCUT2D eigenvalue weighted by molar-refractivity contribution is -0.139. The van der Waals surface area contributed by atoms with E-state index < -0.39 is 28.5 Å². The van der Waals surface area contributed by atoms with Gasteiger partial charge in [-0.1, -0.05) is 60.2 Å². The first-order valence-electron chi connectivity index (χ1n) is 12.6. The number of nitrogens with zero attached hydrogens (tertiary/aromatic N) is 2. The van der Waals surface area contributed by atoms with E-state index in [0.29, 0.717) is 18.9 Å². The van der Waals surface area contributed by atoms with Gasteiger partial charge in [-0.3, -0.25) is 13.9 Å². The molecule has 3 aromatic carbocycles. The molecule has 8 nitrogen and oxygen atoms in total. The molecule has 0 aliphatic rings. The van der Waals surface area contributed by atoms with E-state index in [0.717, 1.165) is 15.4 Å². The lowest BCUT2D eigenvalue weighted by Gasteiger charge is -2.32. The summed E-state index contributed by atoms with van der Waals surface area (Å²) in [6.07, 6.45) is 0. The van der Waals surface area contributed by atoms with Crippen molar-refractivity contribution in [1.82, 2.24) is 10.2 Å². The third-order valence-electron chi connectivity index (χ3n) is 6.04. The molecule has 38 heavy (non-hydrogen) atoms. The van der Waals surface area contributed by atoms with Crippen LogP contribution in [0.5, 0.6) is 5.75 Å². The highest BCUT2D eigenvalue weighted by molar-refractivity contribution is 7.92. The fraction of sp³-hybridized carbons (Fsp3) is 0.310. The second-order valence-electron chi connectivity index (χ2n) is 8.80. The van der Waals surface area contributed by atoms with Crippen LogP contribution < -0.4 is 14.4 Å². The third-order valence-corrected chi connectivity index (χ3v) is 7.81. The molecular weight excluding hydrogens is 502 g/mol. The van der Waals surface area contributed by atoms with E-state index in [1.165, 1.54) is 17.0 Å². The van der Waals surface area contributed by atoms with E-state index in [9.17, 15) is 18.0 Å². The first-order valence-corrected chi connectivity index (χ1v) is 14.0. The van der Waals surface area contributed by atoms with Gasteiger partial charge in [0.2, 0.25) is 11.8 Å². The number of carbonyl (C=O) groups is 2. The summed E-state index contributed by atoms with van der Waals surface area (Å²) in [5.74, 6) is -0.501. The maximum absolute atomic E-state index is 13.9. The van der Waals surface area contributed by atoms with Crippen molar-refractivity contribution < 1.29 is 22.7 Å². The summed E-state index contributed by atoms with van der Waals surface area (Å²) in [5.41, 5.74) is 1.97. The summed E-state index contributed by atoms with van der Waals surface area (Å²) in [5, 5.41) is 2.75. The van der Waals surface area contributed by atoms with Gasteiger partial charge in [-0.15, -0.1) is 0 Å². The number of nitrogens with one attached hydrogen (secondary N) is 1. The first-order chi connectivity index (χ1) is 18.2. The normalized spacial score (nSPS) is 11.9. The van der Waals surface area contributed by atoms with E-state index in [4.69, 9.17) is 4.74 Å². The van der Waals surface area contributed by atoms with Crippen LogP contribution in [-0.4, -0.2) is 50.9 Å². The number of hydrogen-bond donors (Lipinski definition) is 1. The van der Waals surface area contributed by atoms with Crippen LogP contribution in [0.25, 0.3) is 0 Å². The van der Waals surface area contributed by atoms with Crippen LogP contribution >= 0.6 is 0 Å². The molecule has 3 rings (SSSR count). The van der Waals surface area contributed by atoms with Gasteiger partial charge in [0.05, 0.1) is 17.2 Å². The minimum Gasteiger partial charge on any atom is -0.492 e. The third kappa shape index (κ3) is 6.92. The Hall–Kier alpha value is -3.85. The molecular formula is C29H35N3O5S. The summed E-state index contributed by atoms with van der Waals surface area (Å²) in [7, 11) is -4.16. The van der Waals surface area contributed by atoms with E-state index in [2.05, 4.69) is 5.32 Å². The molecule has 3 aromatic rings. The van der Waals surface area contributed by atoms with E-state index in [1.54, 1.807) is 57.2 Å². The highest BCUT2D eigenvalue weighted by Gasteiger charge is 2.33. The Balaban J connectivity index is 2.07. The minimum absolute atomic E-state index is 0.0496. The molecule has 9 heteroatoms. The van der Waals surface area contributed by atoms with Gasteiger partial charge in [0.25, 0.3) is 10.0 Å². The van der Waals surface area contributed by atoms with Crippen molar-refractivity contribution in [2.24, 2.45) is 0 Å². The number of carbonyl (C=O) groups excluding carboxylic acids is 2. The predicted octanol–water partition coefficient (Wildman–Crippen LogP) is 4.14. The zero-order valence-electron chi connectivity index (χ0n) is 22.3. The Kier molecular flexibility index (Phi) is 9.90. The number of para-hydroxylation sites is 2. The average Bonchev–Trinajstić information content (AvgIpc) is 2.91. The number of hydrogen-bond acceptors (Lipinski definition) is 5. The van der Waals surface area contributed by atoms with Crippen LogP contribution in [0.3, 0.4) is 0 Å². The highest BCUT2D eigenvalue weighted by Crippen LogP contribution is 2.33. The van der Waals surface area contributed by atoms with Gasteiger partial charge in [0.15, 0.2) is 0 Å². The van der Waals surface area contributed by atoms with Crippen LogP contribution in [-0.2, 0) is 26.2 Å². The van der Waals surface area contributed by atoms with Crippen LogP contribution in [0.2, 0.25) is 0 Å². The molecule has 0 aliphatic heterocycles. The number of ether oxygens (including phenoxy) is 1. The van der Waals surface area contributed by atoms with Crippen molar-refractivity contribution in [3.63, 3.8) is 0 Å². The summed E-state index contributed by atoms with van der Waals surface area (Å²) >= 11 is 0. The van der Waals surface area contributed by atoms with Crippen LogP contribution in [0, 0.1) is 6.92 Å². The highest BCUT2D eigenvalue weighted by atomic mass is 32.2. The molecule has 1 N–H and O–H groups in total. The Bertz CT molecular complexity index is 1330. The van der Waals surface area contributed by atoms with Crippen LogP contribution in [0.1, 0.15) is 31.9 Å². The summed E-state index contributed by atoms with van der Waals surface area (Å²) in [6, 6.07) is 21.6. The van der Waals surface area contributed by atoms with Crippen LogP contribution in [0.4, 0.5) is 5.69 Å². The average molecular weight is 538 g/mol. The molecule has 0 saturated heterocycles. The molecule has 0 heterocycles. The summed E-state index contributed by atoms with van der Waals surface area (Å²) in [4.78, 5) is 28.1. The maximum Gasteiger partial charge on any atom is 0.264 e. The quantitative estimate of drug-likeness (QED) is 0.375. The van der Waals surface area contributed by atoms with E-state index in [1.807, 2.05) is 37.3 Å². The van der Waals surface area contributed by atoms with Crippen molar-refractivity contribution in [2.45, 2.75) is 45.2 Å². The summed E-state index contributed by atoms with van der Waals surface area (Å²) in [6.45, 7) is 7.46. The molecule has 0 saturated carbocycles. The van der Waals surface area contributed by atoms with Gasteiger partial charge in [-0.2, -0.15) is 0 Å². The summed E-state index contributed by atoms with van der Waals surface area (Å²) < 4.78 is 34.7. The standard InChI is InChI=1S/C29H35N3O5S/c1-5-30-29(34)23(4)31(20-24-12-8-7-9-13-24)28(33)21-32(26-14-10-11-15-27(26)37-6-2)38(35,36)25-18-16-22(3)17-19-25/h7-19,23H,5-6,20-21H2,1-4H3,(H,30,34). The molecule has 0 bridgehead atoms. The number of likely N-dealkylation sites (N-methyl/N-ethyl adjacent to an activating group) is 1. The van der Waals surface area contributed by atoms with Gasteiger partial charge in [-0.05, 0) is 57.5 Å². The lowest BCUT2D eigenvalue weighted by atomic mass is 10.1. The fourth-order valence-corrected chi connectivity index (χ4v) is 5.40. The smallest absolute Gasteiger partial charge is 0.264 e. The molecule has 202 valence electrons. The molecule has 0 radical (unpaired) electrons. The zero-order valence-corrected chi connectivity index (χ0v) is 23.1. The fourth-order valence-electron chi connectivity index (χ4n) is 3.98. The second kappa shape index (κ2) is 13.1. The van der Waals surface area contributed by atoms with Gasteiger partial charge in [0, 0.05) is 13.1 Å². The SMILES string of the molecule is CCNC(=O)C(C)N(Cc1ccccc1)C(=O)CN(c1ccccc1OCC)S(=O)(=O)c1ccc(C)cc1. The van der Waals surface area contributed by atoms with Crippen LogP contribution in [0.15, 0.2) is 83.8 Å². The molecule has 1 atom stereocenters. The van der Waals surface area contributed by atoms with Gasteiger partial charge >= 0.3 is 0 Å². The Labute approximate surface area is 225 Å². The number of benzene rings is 3. The molecule has 2 amide bonds. The molecule has 0 aliphatic carbocycles. The second-order valence-corrected chi connectivity index (χ2v) is 10.7. The molecule has 0 spiro atoms. The maximum atomic E-state index is 13.9. The number of anilines is 1. The Morgan fingerprint density at radius 1 is 0.921 bits per heavy atom. The van der Waals surface area contributed by atoms with E-state index >= 15 is 0 Å². The van der Waals surface area contributed by atoms with Crippen molar-refractivity contribution in [3.05, 3.63) is 90.0 Å². The van der Waals surface area contributed by atoms with E-state index in [-0.39, 0.29) is 23.0 Å². The zero-order chi connectivity index (χ0) is 27.7. The molecule has 0 fully saturated rings. The predicted molar refractivity (Wildman–Crippen MR) is 148 cm³/mol. The number of sulfonamides is 1. The number of aryl methyl sites for hydroxylation is 1. The largest absolute Gasteiger partial charge is 0.492 e. The molecule has 1 unspecified atom stereocenters. The van der Waals surface area contributed by atoms with Gasteiger partial charge in [0.1, 0.15) is 18.3 Å². The topological polar surface area (TPSA) is 96.0 Å². The number of amides is 2. The van der Waals surface area contributed by atoms with Crippen molar-refractivity contribution >= 4 is 27.5 Å². The van der Waals surface area contributed by atoms with Crippen molar-refractivity contribution in [1.29, 1.82) is 0 Å². The Morgan fingerprint density at radius 3 is 2.18 bits per heavy atom. The Morgan fingerprint density at radius 2 is 1.55 bits per heavy atom. The van der Waals surface area contributed by atoms with Crippen molar-refractivity contribution in [3.8, 4) is 5.75 Å². The number of rotatable bonds is 12. The van der Waals surface area contributed by atoms with Crippen molar-refractivity contribution in [2.75, 3.05) is 24.0 Å². The molecule has 0 aromatic heterocycles. The monoisotopic (exact) mass is 537 g/mol. The van der Waals surface area contributed by atoms with Gasteiger partial charge in [-0.25, -0.2) is 8.42 Å². The first kappa shape index (κ1) is 28.7. The lowest BCUT2D eigenvalue weighted by Crippen LogP contribution is -2.51. The minimum atomic E-state index is -4.16.